The average Bonchev–Trinajstić information content (AvgIpc) is 2.95. The van der Waals surface area contributed by atoms with Crippen molar-refractivity contribution in [3.05, 3.63) is 30.0 Å². The second kappa shape index (κ2) is 4.62. The number of nitrogens with one attached hydrogen (secondary N) is 2. The number of piperidine rings is 3. The van der Waals surface area contributed by atoms with Crippen LogP contribution in [0.15, 0.2) is 24.4 Å². The highest BCUT2D eigenvalue weighted by Gasteiger charge is 2.33. The molecule has 3 fully saturated rings. The van der Waals surface area contributed by atoms with E-state index in [1.165, 1.54) is 48.9 Å². The van der Waals surface area contributed by atoms with Crippen molar-refractivity contribution in [3.8, 4) is 0 Å². The molecule has 3 aliphatic rings. The van der Waals surface area contributed by atoms with Crippen LogP contribution in [0.25, 0.3) is 10.9 Å². The number of H-pyrrole nitrogens is 1. The Balaban J connectivity index is 1.49. The van der Waals surface area contributed by atoms with Gasteiger partial charge in [-0.05, 0) is 37.4 Å². The van der Waals surface area contributed by atoms with Crippen LogP contribution in [0.2, 0.25) is 0 Å². The van der Waals surface area contributed by atoms with E-state index in [1.807, 2.05) is 6.20 Å². The summed E-state index contributed by atoms with van der Waals surface area (Å²) in [5.41, 5.74) is 2.50. The molecule has 0 saturated carbocycles. The molecule has 2 N–H and O–H groups in total. The van der Waals surface area contributed by atoms with Crippen LogP contribution in [0.5, 0.6) is 0 Å². The van der Waals surface area contributed by atoms with E-state index in [-0.39, 0.29) is 0 Å². The molecule has 3 saturated heterocycles. The molecule has 0 unspecified atom stereocenters. The monoisotopic (exact) mass is 256 g/mol. The van der Waals surface area contributed by atoms with Crippen molar-refractivity contribution in [1.29, 1.82) is 0 Å². The predicted octanol–water partition coefficient (Wildman–Crippen LogP) is 1.75. The van der Waals surface area contributed by atoms with Gasteiger partial charge in [0.25, 0.3) is 0 Å². The number of rotatable bonds is 3. The third kappa shape index (κ3) is 2.05. The van der Waals surface area contributed by atoms with E-state index in [0.29, 0.717) is 6.04 Å². The molecule has 4 nitrogen and oxygen atoms in total. The van der Waals surface area contributed by atoms with Gasteiger partial charge in [-0.3, -0.25) is 5.10 Å². The minimum absolute atomic E-state index is 0.667. The molecule has 0 aliphatic carbocycles. The molecule has 100 valence electrons. The maximum atomic E-state index is 4.13. The Kier molecular flexibility index (Phi) is 2.78. The van der Waals surface area contributed by atoms with Crippen molar-refractivity contribution in [2.45, 2.75) is 25.4 Å². The summed E-state index contributed by atoms with van der Waals surface area (Å²) in [5.74, 6) is 0.881. The first kappa shape index (κ1) is 11.4. The Hall–Kier alpha value is -1.39. The highest BCUT2D eigenvalue weighted by molar-refractivity contribution is 5.81. The zero-order valence-electron chi connectivity index (χ0n) is 11.1. The van der Waals surface area contributed by atoms with Crippen LogP contribution < -0.4 is 5.32 Å². The molecule has 2 aromatic rings. The van der Waals surface area contributed by atoms with Crippen molar-refractivity contribution in [3.63, 3.8) is 0 Å². The maximum Gasteiger partial charge on any atom is 0.0695 e. The summed E-state index contributed by atoms with van der Waals surface area (Å²) in [6, 6.07) is 7.08. The highest BCUT2D eigenvalue weighted by atomic mass is 15.2. The van der Waals surface area contributed by atoms with E-state index in [4.69, 9.17) is 0 Å². The van der Waals surface area contributed by atoms with E-state index in [0.717, 1.165) is 12.5 Å². The van der Waals surface area contributed by atoms with Crippen LogP contribution in [-0.4, -0.2) is 40.8 Å². The molecule has 4 heterocycles. The first-order valence-corrected chi connectivity index (χ1v) is 7.27. The van der Waals surface area contributed by atoms with E-state index >= 15 is 0 Å². The van der Waals surface area contributed by atoms with Crippen molar-refractivity contribution >= 4 is 10.9 Å². The lowest BCUT2D eigenvalue weighted by Crippen LogP contribution is -2.55. The topological polar surface area (TPSA) is 44.0 Å². The van der Waals surface area contributed by atoms with Gasteiger partial charge in [-0.2, -0.15) is 5.10 Å². The molecule has 3 aliphatic heterocycles. The summed E-state index contributed by atoms with van der Waals surface area (Å²) in [6.45, 7) is 4.77. The lowest BCUT2D eigenvalue weighted by Gasteiger charge is -2.45. The molecule has 19 heavy (non-hydrogen) atoms. The second-order valence-electron chi connectivity index (χ2n) is 5.88. The Bertz CT molecular complexity index is 568. The third-order valence-electron chi connectivity index (χ3n) is 4.77. The minimum atomic E-state index is 0.667. The lowest BCUT2D eigenvalue weighted by atomic mass is 9.84. The normalized spacial score (nSPS) is 30.0. The summed E-state index contributed by atoms with van der Waals surface area (Å²) in [7, 11) is 0. The molecular weight excluding hydrogens is 236 g/mol. The molecule has 4 heteroatoms. The van der Waals surface area contributed by atoms with Crippen LogP contribution in [0.4, 0.5) is 0 Å². The first-order valence-electron chi connectivity index (χ1n) is 7.27. The SMILES string of the molecule is c1cc(CN[C@H]2CN3CCC2CC3)c2[nH]ncc2c1. The van der Waals surface area contributed by atoms with Crippen LogP contribution in [0.3, 0.4) is 0 Å². The zero-order valence-corrected chi connectivity index (χ0v) is 11.1. The highest BCUT2D eigenvalue weighted by Crippen LogP contribution is 2.27. The summed E-state index contributed by atoms with van der Waals surface area (Å²) < 4.78 is 0. The van der Waals surface area contributed by atoms with Crippen LogP contribution in [0, 0.1) is 5.92 Å². The number of hydrogen-bond donors (Lipinski definition) is 2. The van der Waals surface area contributed by atoms with E-state index in [2.05, 4.69) is 38.6 Å². The van der Waals surface area contributed by atoms with Crippen molar-refractivity contribution in [2.75, 3.05) is 19.6 Å². The summed E-state index contributed by atoms with van der Waals surface area (Å²) in [4.78, 5) is 2.59. The van der Waals surface area contributed by atoms with Crippen molar-refractivity contribution in [1.82, 2.24) is 20.4 Å². The van der Waals surface area contributed by atoms with Gasteiger partial charge in [-0.25, -0.2) is 0 Å². The molecular formula is C15H20N4. The Morgan fingerprint density at radius 3 is 3.00 bits per heavy atom. The molecule has 0 radical (unpaired) electrons. The van der Waals surface area contributed by atoms with E-state index in [9.17, 15) is 0 Å². The van der Waals surface area contributed by atoms with Gasteiger partial charge in [-0.1, -0.05) is 18.2 Å². The van der Waals surface area contributed by atoms with Crippen LogP contribution in [0.1, 0.15) is 18.4 Å². The number of aromatic nitrogens is 2. The van der Waals surface area contributed by atoms with Gasteiger partial charge in [0.1, 0.15) is 0 Å². The number of nitrogens with zero attached hydrogens (tertiary/aromatic N) is 2. The summed E-state index contributed by atoms with van der Waals surface area (Å²) in [5, 5.41) is 12.2. The van der Waals surface area contributed by atoms with E-state index in [1.54, 1.807) is 0 Å². The number of para-hydroxylation sites is 1. The fourth-order valence-corrected chi connectivity index (χ4v) is 3.62. The molecule has 1 atom stereocenters. The molecule has 0 amide bonds. The standard InChI is InChI=1S/C15H20N4/c1-2-12(15-13(3-1)9-17-18-15)8-16-14-10-19-6-4-11(14)5-7-19/h1-3,9,11,14,16H,4-8,10H2,(H,17,18)/t14-/m0/s1. The van der Waals surface area contributed by atoms with Gasteiger partial charge in [0.15, 0.2) is 0 Å². The average molecular weight is 256 g/mol. The zero-order chi connectivity index (χ0) is 12.7. The second-order valence-corrected chi connectivity index (χ2v) is 5.88. The Labute approximate surface area is 113 Å². The molecule has 5 rings (SSSR count). The minimum Gasteiger partial charge on any atom is -0.308 e. The summed E-state index contributed by atoms with van der Waals surface area (Å²) in [6.07, 6.45) is 4.63. The van der Waals surface area contributed by atoms with Crippen molar-refractivity contribution < 1.29 is 0 Å². The Morgan fingerprint density at radius 1 is 1.32 bits per heavy atom. The fourth-order valence-electron chi connectivity index (χ4n) is 3.62. The van der Waals surface area contributed by atoms with Gasteiger partial charge < -0.3 is 10.2 Å². The quantitative estimate of drug-likeness (QED) is 0.879. The third-order valence-corrected chi connectivity index (χ3v) is 4.77. The van der Waals surface area contributed by atoms with Crippen LogP contribution >= 0.6 is 0 Å². The fraction of sp³-hybridized carbons (Fsp3) is 0.533. The number of fused-ring (bicyclic) bond motifs is 4. The Morgan fingerprint density at radius 2 is 2.21 bits per heavy atom. The van der Waals surface area contributed by atoms with Gasteiger partial charge >= 0.3 is 0 Å². The van der Waals surface area contributed by atoms with Gasteiger partial charge in [0.2, 0.25) is 0 Å². The molecule has 2 bridgehead atoms. The maximum absolute atomic E-state index is 4.13. The number of aromatic amines is 1. The lowest BCUT2D eigenvalue weighted by molar-refractivity contribution is 0.0720. The van der Waals surface area contributed by atoms with E-state index < -0.39 is 0 Å². The van der Waals surface area contributed by atoms with Gasteiger partial charge in [0, 0.05) is 24.5 Å². The molecule has 1 aromatic carbocycles. The van der Waals surface area contributed by atoms with Gasteiger partial charge in [-0.15, -0.1) is 0 Å². The number of hydrogen-bond acceptors (Lipinski definition) is 3. The molecule has 0 spiro atoms. The van der Waals surface area contributed by atoms with Gasteiger partial charge in [0.05, 0.1) is 11.7 Å². The van der Waals surface area contributed by atoms with Crippen LogP contribution in [-0.2, 0) is 6.54 Å². The summed E-state index contributed by atoms with van der Waals surface area (Å²) >= 11 is 0. The number of benzene rings is 1. The smallest absolute Gasteiger partial charge is 0.0695 e. The first-order chi connectivity index (χ1) is 9.40. The predicted molar refractivity (Wildman–Crippen MR) is 75.9 cm³/mol. The van der Waals surface area contributed by atoms with Crippen molar-refractivity contribution in [2.24, 2.45) is 5.92 Å². The molecule has 1 aromatic heterocycles. The largest absolute Gasteiger partial charge is 0.308 e.